The van der Waals surface area contributed by atoms with Crippen LogP contribution in [0.3, 0.4) is 0 Å². The Kier molecular flexibility index (Phi) is 5.74. The largest absolute Gasteiger partial charge is 0.360 e. The van der Waals surface area contributed by atoms with Crippen molar-refractivity contribution >= 4 is 10.0 Å². The van der Waals surface area contributed by atoms with Gasteiger partial charge >= 0.3 is 0 Å². The minimum atomic E-state index is -3.59. The van der Waals surface area contributed by atoms with E-state index in [1.165, 1.54) is 5.56 Å². The van der Waals surface area contributed by atoms with Gasteiger partial charge in [-0.1, -0.05) is 12.1 Å². The molecule has 1 saturated heterocycles. The molecule has 0 radical (unpaired) electrons. The van der Waals surface area contributed by atoms with Crippen molar-refractivity contribution in [3.63, 3.8) is 0 Å². The number of rotatable bonds is 6. The van der Waals surface area contributed by atoms with Crippen LogP contribution < -0.4 is 0 Å². The molecule has 0 aromatic carbocycles. The molecule has 2 aromatic rings. The average Bonchev–Trinajstić information content (AvgIpc) is 2.99. The van der Waals surface area contributed by atoms with Gasteiger partial charge in [0.2, 0.25) is 10.0 Å². The van der Waals surface area contributed by atoms with Crippen LogP contribution in [0.4, 0.5) is 0 Å². The van der Waals surface area contributed by atoms with Crippen molar-refractivity contribution in [2.75, 3.05) is 19.6 Å². The molecule has 142 valence electrons. The average molecular weight is 378 g/mol. The molecule has 26 heavy (non-hydrogen) atoms. The molecular weight excluding hydrogens is 352 g/mol. The maximum absolute atomic E-state index is 13.1. The number of nitrogens with zero attached hydrogens (tertiary/aromatic N) is 4. The molecule has 3 heterocycles. The molecular formula is C18H26N4O3S. The molecule has 0 bridgehead atoms. The maximum Gasteiger partial charge on any atom is 0.248 e. The third-order valence-corrected chi connectivity index (χ3v) is 7.09. The molecule has 1 aliphatic heterocycles. The van der Waals surface area contributed by atoms with Crippen molar-refractivity contribution < 1.29 is 12.9 Å². The van der Waals surface area contributed by atoms with Gasteiger partial charge in [0.1, 0.15) is 10.6 Å². The topological polar surface area (TPSA) is 79.5 Å². The van der Waals surface area contributed by atoms with Gasteiger partial charge in [-0.15, -0.1) is 0 Å². The van der Waals surface area contributed by atoms with E-state index in [2.05, 4.69) is 22.0 Å². The Balaban J connectivity index is 1.78. The Morgan fingerprint density at radius 3 is 2.65 bits per heavy atom. The smallest absolute Gasteiger partial charge is 0.248 e. The molecule has 3 rings (SSSR count). The van der Waals surface area contributed by atoms with Crippen molar-refractivity contribution in [3.05, 3.63) is 41.5 Å². The van der Waals surface area contributed by atoms with Crippen LogP contribution in [0, 0.1) is 13.8 Å². The van der Waals surface area contributed by atoms with Crippen LogP contribution in [0.15, 0.2) is 33.9 Å². The molecule has 1 atom stereocenters. The van der Waals surface area contributed by atoms with Crippen LogP contribution in [0.2, 0.25) is 0 Å². The number of pyridine rings is 1. The number of likely N-dealkylation sites (N-methyl/N-ethyl adjacent to an activating group) is 1. The Hall–Kier alpha value is -1.77. The molecule has 0 unspecified atom stereocenters. The zero-order chi connectivity index (χ0) is 18.7. The van der Waals surface area contributed by atoms with E-state index in [1.54, 1.807) is 30.5 Å². The second kappa shape index (κ2) is 7.85. The van der Waals surface area contributed by atoms with Gasteiger partial charge < -0.3 is 4.52 Å². The zero-order valence-corrected chi connectivity index (χ0v) is 16.4. The van der Waals surface area contributed by atoms with Crippen LogP contribution in [-0.2, 0) is 16.6 Å². The van der Waals surface area contributed by atoms with Gasteiger partial charge in [-0.2, -0.15) is 4.31 Å². The van der Waals surface area contributed by atoms with Crippen molar-refractivity contribution in [3.8, 4) is 0 Å². The SMILES string of the molecule is CCN(Cc1ccncc1)[C@H]1CCCN(S(=O)(=O)c2c(C)noc2C)C1. The highest BCUT2D eigenvalue weighted by atomic mass is 32.2. The number of hydrogen-bond donors (Lipinski definition) is 0. The summed E-state index contributed by atoms with van der Waals surface area (Å²) >= 11 is 0. The Bertz CT molecular complexity index is 816. The van der Waals surface area contributed by atoms with E-state index in [1.807, 2.05) is 12.1 Å². The second-order valence-electron chi connectivity index (χ2n) is 6.73. The number of hydrogen-bond acceptors (Lipinski definition) is 6. The zero-order valence-electron chi connectivity index (χ0n) is 15.6. The first-order chi connectivity index (χ1) is 12.4. The number of piperidine rings is 1. The molecule has 0 aliphatic carbocycles. The van der Waals surface area contributed by atoms with Crippen LogP contribution in [0.1, 0.15) is 36.8 Å². The van der Waals surface area contributed by atoms with Gasteiger partial charge in [0.05, 0.1) is 0 Å². The van der Waals surface area contributed by atoms with Crippen LogP contribution in [0.25, 0.3) is 0 Å². The normalized spacial score (nSPS) is 19.2. The monoisotopic (exact) mass is 378 g/mol. The predicted molar refractivity (Wildman–Crippen MR) is 98.1 cm³/mol. The van der Waals surface area contributed by atoms with Gasteiger partial charge in [-0.3, -0.25) is 9.88 Å². The number of sulfonamides is 1. The second-order valence-corrected chi connectivity index (χ2v) is 8.61. The highest BCUT2D eigenvalue weighted by molar-refractivity contribution is 7.89. The minimum Gasteiger partial charge on any atom is -0.360 e. The predicted octanol–water partition coefficient (Wildman–Crippen LogP) is 2.36. The highest BCUT2D eigenvalue weighted by Gasteiger charge is 2.35. The van der Waals surface area contributed by atoms with E-state index in [9.17, 15) is 8.42 Å². The number of aromatic nitrogens is 2. The minimum absolute atomic E-state index is 0.192. The van der Waals surface area contributed by atoms with Crippen molar-refractivity contribution in [1.82, 2.24) is 19.3 Å². The molecule has 2 aromatic heterocycles. The van der Waals surface area contributed by atoms with Crippen LogP contribution in [0.5, 0.6) is 0 Å². The fourth-order valence-electron chi connectivity index (χ4n) is 3.63. The maximum atomic E-state index is 13.1. The van der Waals surface area contributed by atoms with Crippen LogP contribution >= 0.6 is 0 Å². The van der Waals surface area contributed by atoms with E-state index < -0.39 is 10.0 Å². The van der Waals surface area contributed by atoms with E-state index >= 15 is 0 Å². The molecule has 8 heteroatoms. The third-order valence-electron chi connectivity index (χ3n) is 4.98. The summed E-state index contributed by atoms with van der Waals surface area (Å²) in [5, 5.41) is 3.81. The number of aryl methyl sites for hydroxylation is 2. The molecule has 0 spiro atoms. The van der Waals surface area contributed by atoms with Gasteiger partial charge in [-0.05, 0) is 50.9 Å². The molecule has 1 aliphatic rings. The van der Waals surface area contributed by atoms with E-state index in [0.717, 1.165) is 25.9 Å². The van der Waals surface area contributed by atoms with Crippen molar-refractivity contribution in [2.45, 2.75) is 51.1 Å². The first-order valence-corrected chi connectivity index (χ1v) is 10.4. The summed E-state index contributed by atoms with van der Waals surface area (Å²) in [7, 11) is -3.59. The summed E-state index contributed by atoms with van der Waals surface area (Å²) in [6.45, 7) is 8.13. The van der Waals surface area contributed by atoms with Gasteiger partial charge in [0.15, 0.2) is 5.76 Å². The summed E-state index contributed by atoms with van der Waals surface area (Å²) in [5.41, 5.74) is 1.61. The van der Waals surface area contributed by atoms with Gasteiger partial charge in [0, 0.05) is 38.1 Å². The molecule has 1 fully saturated rings. The lowest BCUT2D eigenvalue weighted by molar-refractivity contribution is 0.134. The Morgan fingerprint density at radius 2 is 2.04 bits per heavy atom. The molecule has 0 N–H and O–H groups in total. The van der Waals surface area contributed by atoms with Gasteiger partial charge in [-0.25, -0.2) is 8.42 Å². The lowest BCUT2D eigenvalue weighted by Crippen LogP contribution is -2.49. The third kappa shape index (κ3) is 3.82. The highest BCUT2D eigenvalue weighted by Crippen LogP contribution is 2.27. The molecule has 7 nitrogen and oxygen atoms in total. The summed E-state index contributed by atoms with van der Waals surface area (Å²) in [6.07, 6.45) is 5.42. The summed E-state index contributed by atoms with van der Waals surface area (Å²) in [5.74, 6) is 0.355. The van der Waals surface area contributed by atoms with Crippen molar-refractivity contribution in [2.24, 2.45) is 0 Å². The Morgan fingerprint density at radius 1 is 1.31 bits per heavy atom. The Labute approximate surface area is 155 Å². The lowest BCUT2D eigenvalue weighted by Gasteiger charge is -2.38. The van der Waals surface area contributed by atoms with Crippen molar-refractivity contribution in [1.29, 1.82) is 0 Å². The first kappa shape index (κ1) is 19.0. The van der Waals surface area contributed by atoms with E-state index in [0.29, 0.717) is 24.5 Å². The summed E-state index contributed by atoms with van der Waals surface area (Å²) in [4.78, 5) is 6.61. The molecule has 0 amide bonds. The fraction of sp³-hybridized carbons (Fsp3) is 0.556. The van der Waals surface area contributed by atoms with E-state index in [-0.39, 0.29) is 10.9 Å². The van der Waals surface area contributed by atoms with Gasteiger partial charge in [0.25, 0.3) is 0 Å². The summed E-state index contributed by atoms with van der Waals surface area (Å²) < 4.78 is 32.9. The first-order valence-electron chi connectivity index (χ1n) is 8.99. The van der Waals surface area contributed by atoms with Crippen LogP contribution in [-0.4, -0.2) is 53.4 Å². The standard InChI is InChI=1S/C18H26N4O3S/c1-4-21(12-16-7-9-19-10-8-16)17-6-5-11-22(13-17)26(23,24)18-14(2)20-25-15(18)3/h7-10,17H,4-6,11-13H2,1-3H3/t17-/m0/s1. The molecule has 0 saturated carbocycles. The van der Waals surface area contributed by atoms with E-state index in [4.69, 9.17) is 4.52 Å². The lowest BCUT2D eigenvalue weighted by atomic mass is 10.1. The quantitative estimate of drug-likeness (QED) is 0.768. The fourth-order valence-corrected chi connectivity index (χ4v) is 5.44. The summed E-state index contributed by atoms with van der Waals surface area (Å²) in [6, 6.07) is 4.20.